The van der Waals surface area contributed by atoms with Crippen LogP contribution in [-0.2, 0) is 6.54 Å². The minimum Gasteiger partial charge on any atom is -0.492 e. The van der Waals surface area contributed by atoms with E-state index in [2.05, 4.69) is 27.3 Å². The van der Waals surface area contributed by atoms with Crippen LogP contribution < -0.4 is 10.1 Å². The van der Waals surface area contributed by atoms with Gasteiger partial charge in [-0.05, 0) is 56.6 Å². The summed E-state index contributed by atoms with van der Waals surface area (Å²) >= 11 is 0. The maximum absolute atomic E-state index is 5.92. The molecule has 1 aromatic carbocycles. The smallest absolute Gasteiger partial charge is 0.119 e. The van der Waals surface area contributed by atoms with E-state index in [-0.39, 0.29) is 0 Å². The van der Waals surface area contributed by atoms with E-state index in [9.17, 15) is 0 Å². The zero-order valence-electron chi connectivity index (χ0n) is 14.2. The van der Waals surface area contributed by atoms with Gasteiger partial charge in [-0.15, -0.1) is 0 Å². The summed E-state index contributed by atoms with van der Waals surface area (Å²) in [6, 6.07) is 16.8. The molecule has 4 heteroatoms. The maximum atomic E-state index is 5.92. The van der Waals surface area contributed by atoms with Gasteiger partial charge in [0.25, 0.3) is 0 Å². The van der Waals surface area contributed by atoms with Crippen molar-refractivity contribution in [2.45, 2.75) is 31.8 Å². The van der Waals surface area contributed by atoms with Gasteiger partial charge < -0.3 is 10.1 Å². The molecule has 1 atom stereocenters. The fourth-order valence-corrected chi connectivity index (χ4v) is 3.25. The lowest BCUT2D eigenvalue weighted by atomic mass is 10.1. The normalized spacial score (nSPS) is 18.3. The molecular weight excluding hydrogens is 298 g/mol. The number of nitrogens with one attached hydrogen (secondary N) is 1. The fraction of sp³-hybridized carbons (Fsp3) is 0.450. The van der Waals surface area contributed by atoms with Crippen LogP contribution in [0, 0.1) is 0 Å². The molecule has 2 aromatic rings. The lowest BCUT2D eigenvalue weighted by Crippen LogP contribution is -2.38. The Morgan fingerprint density at radius 1 is 1.04 bits per heavy atom. The van der Waals surface area contributed by atoms with Crippen LogP contribution in [0.2, 0.25) is 0 Å². The van der Waals surface area contributed by atoms with E-state index in [0.717, 1.165) is 37.6 Å². The predicted octanol–water partition coefficient (Wildman–Crippen LogP) is 3.10. The lowest BCUT2D eigenvalue weighted by molar-refractivity contribution is 0.140. The highest BCUT2D eigenvalue weighted by atomic mass is 16.5. The second-order valence-electron chi connectivity index (χ2n) is 6.29. The minimum atomic E-state index is 0.598. The van der Waals surface area contributed by atoms with Crippen molar-refractivity contribution in [2.24, 2.45) is 0 Å². The molecule has 3 rings (SSSR count). The summed E-state index contributed by atoms with van der Waals surface area (Å²) in [5.41, 5.74) is 1.13. The van der Waals surface area contributed by atoms with Crippen molar-refractivity contribution >= 4 is 0 Å². The Bertz CT molecular complexity index is 568. The number of ether oxygens (including phenoxy) is 1. The van der Waals surface area contributed by atoms with Crippen LogP contribution in [0.1, 0.15) is 25.0 Å². The minimum absolute atomic E-state index is 0.598. The number of nitrogens with zero attached hydrogens (tertiary/aromatic N) is 2. The van der Waals surface area contributed by atoms with Gasteiger partial charge in [-0.3, -0.25) is 9.88 Å². The number of rotatable bonds is 7. The number of hydrogen-bond acceptors (Lipinski definition) is 4. The van der Waals surface area contributed by atoms with Gasteiger partial charge in [0.2, 0.25) is 0 Å². The molecule has 0 unspecified atom stereocenters. The Hall–Kier alpha value is -1.91. The quantitative estimate of drug-likeness (QED) is 0.849. The first-order valence-electron chi connectivity index (χ1n) is 8.94. The summed E-state index contributed by atoms with van der Waals surface area (Å²) in [6.45, 7) is 4.76. The molecule has 0 spiro atoms. The average Bonchev–Trinajstić information content (AvgIpc) is 2.92. The van der Waals surface area contributed by atoms with Crippen LogP contribution >= 0.6 is 0 Å². The first-order chi connectivity index (χ1) is 11.9. The van der Waals surface area contributed by atoms with Gasteiger partial charge in [-0.1, -0.05) is 24.3 Å². The van der Waals surface area contributed by atoms with Crippen molar-refractivity contribution in [1.29, 1.82) is 0 Å². The van der Waals surface area contributed by atoms with E-state index in [1.165, 1.54) is 19.3 Å². The van der Waals surface area contributed by atoms with E-state index >= 15 is 0 Å². The molecule has 1 aliphatic rings. The molecule has 0 amide bonds. The summed E-state index contributed by atoms with van der Waals surface area (Å²) in [5, 5.41) is 3.50. The predicted molar refractivity (Wildman–Crippen MR) is 97.1 cm³/mol. The SMILES string of the molecule is c1ccc(OCCN(Cc2ccccn2)[C@@H]2CCCNCC2)cc1. The molecule has 1 saturated heterocycles. The molecule has 1 aliphatic heterocycles. The molecule has 0 radical (unpaired) electrons. The molecule has 0 saturated carbocycles. The first kappa shape index (κ1) is 16.9. The lowest BCUT2D eigenvalue weighted by Gasteiger charge is -2.30. The third-order valence-corrected chi connectivity index (χ3v) is 4.54. The van der Waals surface area contributed by atoms with Crippen molar-refractivity contribution in [3.63, 3.8) is 0 Å². The van der Waals surface area contributed by atoms with Crippen molar-refractivity contribution < 1.29 is 4.74 Å². The Kier molecular flexibility index (Phi) is 6.63. The van der Waals surface area contributed by atoms with E-state index in [1.807, 2.05) is 42.6 Å². The van der Waals surface area contributed by atoms with E-state index in [4.69, 9.17) is 4.74 Å². The summed E-state index contributed by atoms with van der Waals surface area (Å²) < 4.78 is 5.92. The van der Waals surface area contributed by atoms with Crippen molar-refractivity contribution in [1.82, 2.24) is 15.2 Å². The van der Waals surface area contributed by atoms with Gasteiger partial charge in [0.1, 0.15) is 12.4 Å². The highest BCUT2D eigenvalue weighted by molar-refractivity contribution is 5.20. The molecule has 0 aliphatic carbocycles. The summed E-state index contributed by atoms with van der Waals surface area (Å²) in [6.07, 6.45) is 5.55. The summed E-state index contributed by atoms with van der Waals surface area (Å²) in [7, 11) is 0. The molecular formula is C20H27N3O. The number of pyridine rings is 1. The number of para-hydroxylation sites is 1. The van der Waals surface area contributed by atoms with Gasteiger partial charge in [-0.2, -0.15) is 0 Å². The topological polar surface area (TPSA) is 37.4 Å². The molecule has 1 N–H and O–H groups in total. The fourth-order valence-electron chi connectivity index (χ4n) is 3.25. The highest BCUT2D eigenvalue weighted by Crippen LogP contribution is 2.16. The molecule has 1 aromatic heterocycles. The molecule has 128 valence electrons. The Labute approximate surface area is 144 Å². The highest BCUT2D eigenvalue weighted by Gasteiger charge is 2.20. The van der Waals surface area contributed by atoms with Gasteiger partial charge >= 0.3 is 0 Å². The number of hydrogen-bond donors (Lipinski definition) is 1. The second kappa shape index (κ2) is 9.40. The zero-order valence-corrected chi connectivity index (χ0v) is 14.2. The molecule has 0 bridgehead atoms. The average molecular weight is 325 g/mol. The van der Waals surface area contributed by atoms with Crippen LogP contribution in [0.15, 0.2) is 54.7 Å². The monoisotopic (exact) mass is 325 g/mol. The van der Waals surface area contributed by atoms with Crippen LogP contribution in [0.3, 0.4) is 0 Å². The van der Waals surface area contributed by atoms with Gasteiger partial charge in [-0.25, -0.2) is 0 Å². The number of benzene rings is 1. The Morgan fingerprint density at radius 2 is 1.92 bits per heavy atom. The van der Waals surface area contributed by atoms with Crippen LogP contribution in [0.5, 0.6) is 5.75 Å². The van der Waals surface area contributed by atoms with Gasteiger partial charge in [0.05, 0.1) is 5.69 Å². The standard InChI is InChI=1S/C20H27N3O/c1-2-9-20(10-3-1)24-16-15-23(17-18-7-4-5-13-22-18)19-8-6-12-21-14-11-19/h1-5,7,9-10,13,19,21H,6,8,11-12,14-17H2/t19-/m1/s1. The van der Waals surface area contributed by atoms with Gasteiger partial charge in [0, 0.05) is 25.3 Å². The largest absolute Gasteiger partial charge is 0.492 e. The van der Waals surface area contributed by atoms with Crippen molar-refractivity contribution in [2.75, 3.05) is 26.2 Å². The van der Waals surface area contributed by atoms with E-state index in [1.54, 1.807) is 0 Å². The summed E-state index contributed by atoms with van der Waals surface area (Å²) in [5.74, 6) is 0.942. The van der Waals surface area contributed by atoms with Crippen LogP contribution in [0.25, 0.3) is 0 Å². The molecule has 24 heavy (non-hydrogen) atoms. The zero-order chi connectivity index (χ0) is 16.5. The van der Waals surface area contributed by atoms with Crippen molar-refractivity contribution in [3.05, 3.63) is 60.4 Å². The number of aromatic nitrogens is 1. The molecule has 1 fully saturated rings. The van der Waals surface area contributed by atoms with Gasteiger partial charge in [0.15, 0.2) is 0 Å². The van der Waals surface area contributed by atoms with E-state index in [0.29, 0.717) is 12.6 Å². The molecule has 4 nitrogen and oxygen atoms in total. The third kappa shape index (κ3) is 5.32. The van der Waals surface area contributed by atoms with Crippen molar-refractivity contribution in [3.8, 4) is 5.75 Å². The first-order valence-corrected chi connectivity index (χ1v) is 8.94. The molecule has 2 heterocycles. The maximum Gasteiger partial charge on any atom is 0.119 e. The Morgan fingerprint density at radius 3 is 2.75 bits per heavy atom. The summed E-state index contributed by atoms with van der Waals surface area (Å²) in [4.78, 5) is 7.04. The van der Waals surface area contributed by atoms with Crippen LogP contribution in [-0.4, -0.2) is 42.2 Å². The second-order valence-corrected chi connectivity index (χ2v) is 6.29. The van der Waals surface area contributed by atoms with E-state index < -0.39 is 0 Å². The van der Waals surface area contributed by atoms with Crippen LogP contribution in [0.4, 0.5) is 0 Å². The Balaban J connectivity index is 1.60. The third-order valence-electron chi connectivity index (χ3n) is 4.54.